The fraction of sp³-hybridized carbons (Fsp3) is 0.429. The average molecular weight is 260 g/mol. The number of amides is 1. The molecule has 102 valence electrons. The van der Waals surface area contributed by atoms with E-state index in [2.05, 4.69) is 10.3 Å². The van der Waals surface area contributed by atoms with Crippen LogP contribution in [0.4, 0.5) is 5.95 Å². The van der Waals surface area contributed by atoms with Crippen LogP contribution < -0.4 is 11.1 Å². The molecule has 1 amide bonds. The molecule has 2 aromatic rings. The zero-order valence-corrected chi connectivity index (χ0v) is 11.4. The Hall–Kier alpha value is -2.04. The predicted molar refractivity (Wildman–Crippen MR) is 76.8 cm³/mol. The Morgan fingerprint density at radius 3 is 3.00 bits per heavy atom. The van der Waals surface area contributed by atoms with Gasteiger partial charge in [-0.05, 0) is 25.0 Å². The number of nitrogens with two attached hydrogens (primary N) is 1. The second-order valence-electron chi connectivity index (χ2n) is 4.66. The summed E-state index contributed by atoms with van der Waals surface area (Å²) in [4.78, 5) is 16.0. The van der Waals surface area contributed by atoms with Gasteiger partial charge >= 0.3 is 0 Å². The molecule has 0 saturated carbocycles. The molecule has 0 aliphatic carbocycles. The summed E-state index contributed by atoms with van der Waals surface area (Å²) in [6, 6.07) is 5.92. The van der Waals surface area contributed by atoms with Crippen LogP contribution in [0.2, 0.25) is 0 Å². The monoisotopic (exact) mass is 260 g/mol. The number of carbonyl (C=O) groups excluding carboxylic acids is 1. The number of para-hydroxylation sites is 1. The first kappa shape index (κ1) is 13.4. The van der Waals surface area contributed by atoms with Gasteiger partial charge in [-0.25, -0.2) is 4.98 Å². The maximum absolute atomic E-state index is 11.6. The number of nitrogen functional groups attached to an aromatic ring is 1. The van der Waals surface area contributed by atoms with Crippen molar-refractivity contribution in [2.24, 2.45) is 0 Å². The van der Waals surface area contributed by atoms with Crippen LogP contribution in [0.25, 0.3) is 11.0 Å². The molecule has 19 heavy (non-hydrogen) atoms. The average Bonchev–Trinajstić information content (AvgIpc) is 2.71. The molecule has 1 heterocycles. The van der Waals surface area contributed by atoms with Crippen molar-refractivity contribution in [3.05, 3.63) is 23.8 Å². The van der Waals surface area contributed by atoms with Crippen molar-refractivity contribution >= 4 is 22.9 Å². The van der Waals surface area contributed by atoms with Crippen LogP contribution in [0.5, 0.6) is 0 Å². The molecule has 0 aliphatic rings. The Bertz CT molecular complexity index is 588. The largest absolute Gasteiger partial charge is 0.369 e. The van der Waals surface area contributed by atoms with Crippen LogP contribution in [0.3, 0.4) is 0 Å². The molecule has 2 rings (SSSR count). The van der Waals surface area contributed by atoms with Crippen LogP contribution in [-0.4, -0.2) is 22.0 Å². The number of imidazole rings is 1. The minimum absolute atomic E-state index is 0.0525. The van der Waals surface area contributed by atoms with Crippen LogP contribution in [0, 0.1) is 6.92 Å². The lowest BCUT2D eigenvalue weighted by molar-refractivity contribution is -0.121. The van der Waals surface area contributed by atoms with E-state index in [4.69, 9.17) is 5.73 Å². The number of hydrogen-bond acceptors (Lipinski definition) is 3. The van der Waals surface area contributed by atoms with E-state index in [-0.39, 0.29) is 5.91 Å². The Morgan fingerprint density at radius 2 is 2.26 bits per heavy atom. The van der Waals surface area contributed by atoms with Gasteiger partial charge in [0.05, 0.1) is 11.0 Å². The molecule has 1 aromatic carbocycles. The zero-order valence-electron chi connectivity index (χ0n) is 11.4. The summed E-state index contributed by atoms with van der Waals surface area (Å²) < 4.78 is 1.91. The maximum atomic E-state index is 11.6. The third kappa shape index (κ3) is 2.86. The maximum Gasteiger partial charge on any atom is 0.221 e. The molecular formula is C14H20N4O. The summed E-state index contributed by atoms with van der Waals surface area (Å²) in [6.07, 6.45) is 1.37. The first-order valence-corrected chi connectivity index (χ1v) is 6.61. The van der Waals surface area contributed by atoms with Crippen molar-refractivity contribution in [1.29, 1.82) is 0 Å². The fourth-order valence-corrected chi connectivity index (χ4v) is 2.18. The molecule has 0 fully saturated rings. The SMILES string of the molecule is CCCNC(=O)CCn1c(N)nc2cccc(C)c21. The third-order valence-corrected chi connectivity index (χ3v) is 3.13. The van der Waals surface area contributed by atoms with Crippen LogP contribution >= 0.6 is 0 Å². The molecule has 0 atom stereocenters. The number of nitrogens with zero attached hydrogens (tertiary/aromatic N) is 2. The van der Waals surface area contributed by atoms with Crippen molar-refractivity contribution in [1.82, 2.24) is 14.9 Å². The van der Waals surface area contributed by atoms with Gasteiger partial charge < -0.3 is 15.6 Å². The van der Waals surface area contributed by atoms with Gasteiger partial charge in [-0.15, -0.1) is 0 Å². The van der Waals surface area contributed by atoms with Crippen LogP contribution in [0.1, 0.15) is 25.3 Å². The predicted octanol–water partition coefficient (Wildman–Crippen LogP) is 1.84. The molecule has 5 heteroatoms. The lowest BCUT2D eigenvalue weighted by Gasteiger charge is -2.08. The van der Waals surface area contributed by atoms with Gasteiger partial charge in [-0.1, -0.05) is 19.1 Å². The van der Waals surface area contributed by atoms with Crippen LogP contribution in [-0.2, 0) is 11.3 Å². The number of nitrogens with one attached hydrogen (secondary N) is 1. The smallest absolute Gasteiger partial charge is 0.221 e. The summed E-state index contributed by atoms with van der Waals surface area (Å²) in [5.74, 6) is 0.518. The van der Waals surface area contributed by atoms with Crippen molar-refractivity contribution in [2.75, 3.05) is 12.3 Å². The number of anilines is 1. The molecule has 1 aromatic heterocycles. The van der Waals surface area contributed by atoms with Gasteiger partial charge in [0, 0.05) is 19.5 Å². The van der Waals surface area contributed by atoms with E-state index in [1.807, 2.05) is 36.6 Å². The highest BCUT2D eigenvalue weighted by molar-refractivity contribution is 5.82. The third-order valence-electron chi connectivity index (χ3n) is 3.13. The summed E-state index contributed by atoms with van der Waals surface area (Å²) in [5.41, 5.74) is 8.95. The van der Waals surface area contributed by atoms with E-state index in [1.165, 1.54) is 0 Å². The summed E-state index contributed by atoms with van der Waals surface area (Å²) >= 11 is 0. The first-order chi connectivity index (χ1) is 9.13. The van der Waals surface area contributed by atoms with Gasteiger partial charge in [-0.2, -0.15) is 0 Å². The Balaban J connectivity index is 2.16. The topological polar surface area (TPSA) is 72.9 Å². The summed E-state index contributed by atoms with van der Waals surface area (Å²) in [7, 11) is 0. The second kappa shape index (κ2) is 5.73. The summed E-state index contributed by atoms with van der Waals surface area (Å²) in [5, 5.41) is 2.86. The quantitative estimate of drug-likeness (QED) is 0.861. The lowest BCUT2D eigenvalue weighted by atomic mass is 10.2. The molecule has 0 aliphatic heterocycles. The fourth-order valence-electron chi connectivity index (χ4n) is 2.18. The highest BCUT2D eigenvalue weighted by Crippen LogP contribution is 2.21. The second-order valence-corrected chi connectivity index (χ2v) is 4.66. The molecule has 3 N–H and O–H groups in total. The number of aromatic nitrogens is 2. The Kier molecular flexibility index (Phi) is 4.04. The van der Waals surface area contributed by atoms with E-state index in [0.717, 1.165) is 29.6 Å². The number of rotatable bonds is 5. The van der Waals surface area contributed by atoms with Crippen molar-refractivity contribution < 1.29 is 4.79 Å². The number of aryl methyl sites for hydroxylation is 2. The molecule has 0 radical (unpaired) electrons. The normalized spacial score (nSPS) is 10.8. The highest BCUT2D eigenvalue weighted by atomic mass is 16.1. The molecular weight excluding hydrogens is 240 g/mol. The van der Waals surface area contributed by atoms with Gasteiger partial charge in [0.1, 0.15) is 0 Å². The molecule has 5 nitrogen and oxygen atoms in total. The van der Waals surface area contributed by atoms with Gasteiger partial charge in [0.25, 0.3) is 0 Å². The van der Waals surface area contributed by atoms with Crippen LogP contribution in [0.15, 0.2) is 18.2 Å². The van der Waals surface area contributed by atoms with Crippen molar-refractivity contribution in [2.45, 2.75) is 33.2 Å². The zero-order chi connectivity index (χ0) is 13.8. The van der Waals surface area contributed by atoms with Crippen molar-refractivity contribution in [3.63, 3.8) is 0 Å². The van der Waals surface area contributed by atoms with E-state index in [9.17, 15) is 4.79 Å². The standard InChI is InChI=1S/C14H20N4O/c1-3-8-16-12(19)7-9-18-13-10(2)5-4-6-11(13)17-14(18)15/h4-6H,3,7-9H2,1-2H3,(H2,15,17)(H,16,19). The minimum Gasteiger partial charge on any atom is -0.369 e. The molecule has 0 unspecified atom stereocenters. The number of fused-ring (bicyclic) bond motifs is 1. The first-order valence-electron chi connectivity index (χ1n) is 6.61. The van der Waals surface area contributed by atoms with Crippen molar-refractivity contribution in [3.8, 4) is 0 Å². The van der Waals surface area contributed by atoms with E-state index in [1.54, 1.807) is 0 Å². The van der Waals surface area contributed by atoms with Gasteiger partial charge in [0.15, 0.2) is 0 Å². The molecule has 0 saturated heterocycles. The Morgan fingerprint density at radius 1 is 1.47 bits per heavy atom. The Labute approximate surface area is 112 Å². The van der Waals surface area contributed by atoms with E-state index < -0.39 is 0 Å². The summed E-state index contributed by atoms with van der Waals surface area (Å²) in [6.45, 7) is 5.34. The number of benzene rings is 1. The van der Waals surface area contributed by atoms with E-state index in [0.29, 0.717) is 18.9 Å². The molecule has 0 bridgehead atoms. The highest BCUT2D eigenvalue weighted by Gasteiger charge is 2.11. The number of carbonyl (C=O) groups is 1. The number of hydrogen-bond donors (Lipinski definition) is 2. The molecule has 0 spiro atoms. The lowest BCUT2D eigenvalue weighted by Crippen LogP contribution is -2.25. The van der Waals surface area contributed by atoms with Gasteiger partial charge in [-0.3, -0.25) is 4.79 Å². The minimum atomic E-state index is 0.0525. The van der Waals surface area contributed by atoms with Gasteiger partial charge in [0.2, 0.25) is 11.9 Å². The van der Waals surface area contributed by atoms with E-state index >= 15 is 0 Å².